The molecule has 5 nitrogen and oxygen atoms in total. The highest BCUT2D eigenvalue weighted by atomic mass is 16.6. The monoisotopic (exact) mass is 330 g/mol. The van der Waals surface area contributed by atoms with Gasteiger partial charge in [-0.3, -0.25) is 14.4 Å². The van der Waals surface area contributed by atoms with Crippen molar-refractivity contribution in [3.8, 4) is 0 Å². The molecule has 3 unspecified atom stereocenters. The van der Waals surface area contributed by atoms with E-state index in [4.69, 9.17) is 9.47 Å². The molecule has 128 valence electrons. The lowest BCUT2D eigenvalue weighted by Gasteiger charge is -2.28. The van der Waals surface area contributed by atoms with Crippen LogP contribution >= 0.6 is 0 Å². The Kier molecular flexibility index (Phi) is 3.59. The van der Waals surface area contributed by atoms with E-state index < -0.39 is 34.3 Å². The van der Waals surface area contributed by atoms with Gasteiger partial charge in [-0.1, -0.05) is 37.3 Å². The van der Waals surface area contributed by atoms with Gasteiger partial charge in [0, 0.05) is 11.5 Å². The van der Waals surface area contributed by atoms with E-state index in [-0.39, 0.29) is 12.4 Å². The molecule has 1 saturated heterocycles. The van der Waals surface area contributed by atoms with Crippen molar-refractivity contribution < 1.29 is 23.9 Å². The van der Waals surface area contributed by atoms with Gasteiger partial charge in [-0.05, 0) is 27.2 Å². The number of ketones is 1. The van der Waals surface area contributed by atoms with Crippen molar-refractivity contribution in [2.24, 2.45) is 16.7 Å². The first-order chi connectivity index (χ1) is 11.3. The molecule has 1 heterocycles. The number of carbonyl (C=O) groups is 3. The van der Waals surface area contributed by atoms with Gasteiger partial charge in [0.05, 0.1) is 12.0 Å². The second kappa shape index (κ2) is 5.16. The van der Waals surface area contributed by atoms with Gasteiger partial charge in [0.15, 0.2) is 11.2 Å². The smallest absolute Gasteiger partial charge is 0.325 e. The summed E-state index contributed by atoms with van der Waals surface area (Å²) in [7, 11) is 0. The fraction of sp³-hybridized carbons (Fsp3) is 0.526. The predicted octanol–water partition coefficient (Wildman–Crippen LogP) is 2.78. The lowest BCUT2D eigenvalue weighted by molar-refractivity contribution is -0.166. The first-order valence-electron chi connectivity index (χ1n) is 8.31. The first kappa shape index (κ1) is 16.7. The molecule has 1 aliphatic heterocycles. The van der Waals surface area contributed by atoms with Crippen LogP contribution in [0.5, 0.6) is 0 Å². The molecular weight excluding hydrogens is 308 g/mol. The third-order valence-electron chi connectivity index (χ3n) is 5.52. The molecule has 3 atom stereocenters. The van der Waals surface area contributed by atoms with Gasteiger partial charge in [0.25, 0.3) is 0 Å². The van der Waals surface area contributed by atoms with E-state index in [1.165, 1.54) is 0 Å². The Hall–Kier alpha value is -2.17. The zero-order chi connectivity index (χ0) is 17.8. The molecule has 0 aromatic heterocycles. The summed E-state index contributed by atoms with van der Waals surface area (Å²) in [6.45, 7) is 7.19. The summed E-state index contributed by atoms with van der Waals surface area (Å²) in [4.78, 5) is 38.8. The highest BCUT2D eigenvalue weighted by molar-refractivity contribution is 6.19. The Morgan fingerprint density at radius 1 is 1.17 bits per heavy atom. The molecule has 1 aliphatic carbocycles. The van der Waals surface area contributed by atoms with Gasteiger partial charge >= 0.3 is 11.9 Å². The Morgan fingerprint density at radius 2 is 1.79 bits per heavy atom. The summed E-state index contributed by atoms with van der Waals surface area (Å²) >= 11 is 0. The second-order valence-corrected chi connectivity index (χ2v) is 6.97. The van der Waals surface area contributed by atoms with E-state index in [9.17, 15) is 14.4 Å². The van der Waals surface area contributed by atoms with E-state index in [1.54, 1.807) is 45.0 Å². The van der Waals surface area contributed by atoms with Crippen molar-refractivity contribution in [2.45, 2.75) is 39.7 Å². The third kappa shape index (κ3) is 1.73. The summed E-state index contributed by atoms with van der Waals surface area (Å²) in [6, 6.07) is 8.79. The topological polar surface area (TPSA) is 69.7 Å². The van der Waals surface area contributed by atoms with Crippen LogP contribution in [0.4, 0.5) is 0 Å². The summed E-state index contributed by atoms with van der Waals surface area (Å²) in [6.07, 6.45) is 0.378. The molecule has 1 saturated carbocycles. The molecule has 0 amide bonds. The summed E-state index contributed by atoms with van der Waals surface area (Å²) in [5, 5.41) is 0. The fourth-order valence-corrected chi connectivity index (χ4v) is 4.76. The van der Waals surface area contributed by atoms with Crippen LogP contribution in [0.2, 0.25) is 0 Å². The number of hydrogen-bond donors (Lipinski definition) is 0. The van der Waals surface area contributed by atoms with Crippen molar-refractivity contribution in [3.05, 3.63) is 35.9 Å². The highest BCUT2D eigenvalue weighted by Gasteiger charge is 2.95. The van der Waals surface area contributed by atoms with Gasteiger partial charge < -0.3 is 9.47 Å². The Morgan fingerprint density at radius 3 is 2.33 bits per heavy atom. The van der Waals surface area contributed by atoms with Crippen LogP contribution in [-0.4, -0.2) is 29.9 Å². The average Bonchev–Trinajstić information content (AvgIpc) is 3.15. The molecule has 0 radical (unpaired) electrons. The van der Waals surface area contributed by atoms with E-state index in [0.29, 0.717) is 12.0 Å². The zero-order valence-corrected chi connectivity index (χ0v) is 14.4. The Bertz CT molecular complexity index is 708. The number of rotatable bonds is 5. The number of ether oxygens (including phenoxy) is 2. The van der Waals surface area contributed by atoms with Crippen molar-refractivity contribution in [3.63, 3.8) is 0 Å². The van der Waals surface area contributed by atoms with Gasteiger partial charge in [-0.25, -0.2) is 0 Å². The van der Waals surface area contributed by atoms with Gasteiger partial charge in [0.1, 0.15) is 5.60 Å². The highest BCUT2D eigenvalue weighted by Crippen LogP contribution is 2.80. The number of fused-ring (bicyclic) bond motifs is 1. The van der Waals surface area contributed by atoms with E-state index in [1.807, 2.05) is 13.0 Å². The van der Waals surface area contributed by atoms with E-state index in [0.717, 1.165) is 0 Å². The molecular formula is C19H22O5. The minimum atomic E-state index is -1.52. The number of carbonyl (C=O) groups excluding carboxylic acids is 3. The maximum atomic E-state index is 13.3. The van der Waals surface area contributed by atoms with Crippen molar-refractivity contribution in [2.75, 3.05) is 6.61 Å². The normalized spacial score (nSPS) is 32.7. The lowest BCUT2D eigenvalue weighted by atomic mass is 9.81. The van der Waals surface area contributed by atoms with Gasteiger partial charge in [0.2, 0.25) is 0 Å². The molecule has 3 rings (SSSR count). The molecule has 0 N–H and O–H groups in total. The maximum absolute atomic E-state index is 13.3. The van der Waals surface area contributed by atoms with Crippen molar-refractivity contribution >= 4 is 17.7 Å². The van der Waals surface area contributed by atoms with E-state index >= 15 is 0 Å². The van der Waals surface area contributed by atoms with Crippen LogP contribution in [0.25, 0.3) is 0 Å². The average molecular weight is 330 g/mol. The molecule has 24 heavy (non-hydrogen) atoms. The minimum absolute atomic E-state index is 0.153. The summed E-state index contributed by atoms with van der Waals surface area (Å²) in [5.41, 5.74) is -3.00. The molecule has 5 heteroatoms. The fourth-order valence-electron chi connectivity index (χ4n) is 4.76. The standard InChI is InChI=1S/C19H22O5/c1-5-18(13(20)12-10-8-7-9-11-12)14-17(3,4)24-16(22)19(14,18)15(21)23-6-2/h7-11,14H,5-6H2,1-4H3. The van der Waals surface area contributed by atoms with Gasteiger partial charge in [-0.2, -0.15) is 0 Å². The largest absolute Gasteiger partial charge is 0.465 e. The van der Waals surface area contributed by atoms with Crippen LogP contribution in [-0.2, 0) is 19.1 Å². The van der Waals surface area contributed by atoms with Crippen LogP contribution in [0.3, 0.4) is 0 Å². The number of benzene rings is 1. The maximum Gasteiger partial charge on any atom is 0.325 e. The Balaban J connectivity index is 2.15. The Labute approximate surface area is 141 Å². The SMILES string of the molecule is CCOC(=O)C12C(=O)OC(C)(C)C1C2(CC)C(=O)c1ccccc1. The molecule has 0 bridgehead atoms. The van der Waals surface area contributed by atoms with E-state index in [2.05, 4.69) is 0 Å². The van der Waals surface area contributed by atoms with Crippen LogP contribution < -0.4 is 0 Å². The van der Waals surface area contributed by atoms with Crippen molar-refractivity contribution in [1.29, 1.82) is 0 Å². The molecule has 2 aliphatic rings. The molecule has 1 aromatic carbocycles. The van der Waals surface area contributed by atoms with Crippen LogP contribution in [0.1, 0.15) is 44.5 Å². The minimum Gasteiger partial charge on any atom is -0.465 e. The van der Waals surface area contributed by atoms with Gasteiger partial charge in [-0.15, -0.1) is 0 Å². The van der Waals surface area contributed by atoms with Crippen LogP contribution in [0.15, 0.2) is 30.3 Å². The second-order valence-electron chi connectivity index (χ2n) is 6.97. The quantitative estimate of drug-likeness (QED) is 0.472. The lowest BCUT2D eigenvalue weighted by Crippen LogP contribution is -2.40. The van der Waals surface area contributed by atoms with Crippen molar-refractivity contribution in [1.82, 2.24) is 0 Å². The molecule has 0 spiro atoms. The predicted molar refractivity (Wildman–Crippen MR) is 86.2 cm³/mol. The molecule has 2 fully saturated rings. The number of cyclic esters (lactones) is 1. The van der Waals surface area contributed by atoms with Crippen LogP contribution in [0, 0.1) is 16.7 Å². The molecule has 1 aromatic rings. The zero-order valence-electron chi connectivity index (χ0n) is 14.4. The number of hydrogen-bond acceptors (Lipinski definition) is 5. The first-order valence-corrected chi connectivity index (χ1v) is 8.31. The number of esters is 2. The summed E-state index contributed by atoms with van der Waals surface area (Å²) in [5.74, 6) is -1.98. The summed E-state index contributed by atoms with van der Waals surface area (Å²) < 4.78 is 10.6. The third-order valence-corrected chi connectivity index (χ3v) is 5.52. The number of Topliss-reactive ketones (excluding diaryl/α,β-unsaturated/α-hetero) is 1.